The second-order valence-electron chi connectivity index (χ2n) is 8.37. The van der Waals surface area contributed by atoms with Crippen LogP contribution in [0.5, 0.6) is 0 Å². The first-order valence-corrected chi connectivity index (χ1v) is 13.1. The molecule has 0 saturated carbocycles. The van der Waals surface area contributed by atoms with Crippen LogP contribution in [0.15, 0.2) is 62.6 Å². The maximum Gasteiger partial charge on any atom is 0.338 e. The molecule has 1 aromatic heterocycles. The molecule has 1 aromatic carbocycles. The van der Waals surface area contributed by atoms with Gasteiger partial charge in [-0.25, -0.2) is 9.78 Å². The number of aromatic nitrogens is 1. The van der Waals surface area contributed by atoms with Crippen LogP contribution in [0.25, 0.3) is 0 Å². The fraction of sp³-hybridized carbons (Fsp3) is 0.308. The highest BCUT2D eigenvalue weighted by Gasteiger charge is 2.38. The lowest BCUT2D eigenvalue weighted by atomic mass is 9.83. The van der Waals surface area contributed by atoms with Gasteiger partial charge in [0.25, 0.3) is 0 Å². The highest BCUT2D eigenvalue weighted by Crippen LogP contribution is 2.42. The lowest BCUT2D eigenvalue weighted by Gasteiger charge is -2.28. The molecule has 8 nitrogen and oxygen atoms in total. The summed E-state index contributed by atoms with van der Waals surface area (Å²) in [5.74, 6) is -0.937. The van der Waals surface area contributed by atoms with E-state index in [1.54, 1.807) is 6.92 Å². The molecular weight excluding hydrogens is 542 g/mol. The van der Waals surface area contributed by atoms with Gasteiger partial charge in [0.2, 0.25) is 5.88 Å². The van der Waals surface area contributed by atoms with E-state index in [1.165, 1.54) is 11.8 Å². The lowest BCUT2D eigenvalue weighted by molar-refractivity contribution is -0.139. The van der Waals surface area contributed by atoms with E-state index < -0.39 is 11.9 Å². The molecular formula is C26H24BrN5O3S. The molecule has 0 spiro atoms. The van der Waals surface area contributed by atoms with Crippen LogP contribution in [0, 0.1) is 22.7 Å². The molecule has 0 fully saturated rings. The molecule has 0 saturated heterocycles. The fourth-order valence-corrected chi connectivity index (χ4v) is 5.63. The van der Waals surface area contributed by atoms with E-state index in [0.717, 1.165) is 35.2 Å². The van der Waals surface area contributed by atoms with Crippen molar-refractivity contribution in [2.45, 2.75) is 30.8 Å². The van der Waals surface area contributed by atoms with E-state index in [-0.39, 0.29) is 35.1 Å². The van der Waals surface area contributed by atoms with Crippen LogP contribution >= 0.6 is 27.7 Å². The number of allylic oxidation sites excluding steroid dienone is 1. The quantitative estimate of drug-likeness (QED) is 0.406. The molecule has 184 valence electrons. The molecule has 0 amide bonds. The highest BCUT2D eigenvalue weighted by atomic mass is 79.9. The molecule has 0 radical (unpaired) electrons. The minimum atomic E-state index is -0.752. The minimum Gasteiger partial charge on any atom is -0.463 e. The van der Waals surface area contributed by atoms with E-state index >= 15 is 0 Å². The molecule has 2 aliphatic rings. The molecule has 0 aliphatic carbocycles. The molecule has 3 heterocycles. The Hall–Kier alpha value is -3.31. The molecule has 0 bridgehead atoms. The van der Waals surface area contributed by atoms with Crippen LogP contribution in [0.4, 0.5) is 0 Å². The first-order chi connectivity index (χ1) is 17.4. The Kier molecular flexibility index (Phi) is 8.00. The van der Waals surface area contributed by atoms with Gasteiger partial charge < -0.3 is 20.1 Å². The third-order valence-electron chi connectivity index (χ3n) is 5.96. The summed E-state index contributed by atoms with van der Waals surface area (Å²) in [6.07, 6.45) is 0.796. The molecule has 4 rings (SSSR count). The Morgan fingerprint density at radius 3 is 2.86 bits per heavy atom. The van der Waals surface area contributed by atoms with Crippen LogP contribution in [0.3, 0.4) is 0 Å². The van der Waals surface area contributed by atoms with Crippen molar-refractivity contribution in [2.24, 2.45) is 5.73 Å². The number of nitrogens with zero attached hydrogens (tertiary/aromatic N) is 4. The average Bonchev–Trinajstić information content (AvgIpc) is 2.86. The second kappa shape index (κ2) is 11.2. The summed E-state index contributed by atoms with van der Waals surface area (Å²) in [5.41, 5.74) is 9.70. The summed E-state index contributed by atoms with van der Waals surface area (Å²) in [7, 11) is 2.04. The molecule has 1 unspecified atom stereocenters. The van der Waals surface area contributed by atoms with Crippen LogP contribution in [0.1, 0.15) is 35.2 Å². The van der Waals surface area contributed by atoms with Crippen molar-refractivity contribution in [2.75, 3.05) is 26.0 Å². The molecule has 36 heavy (non-hydrogen) atoms. The number of pyridine rings is 1. The lowest BCUT2D eigenvalue weighted by Crippen LogP contribution is -2.28. The number of hydrogen-bond donors (Lipinski definition) is 1. The Morgan fingerprint density at radius 1 is 1.36 bits per heavy atom. The van der Waals surface area contributed by atoms with Gasteiger partial charge in [-0.3, -0.25) is 0 Å². The van der Waals surface area contributed by atoms with Gasteiger partial charge in [-0.05, 0) is 43.3 Å². The summed E-state index contributed by atoms with van der Waals surface area (Å²) in [6, 6.07) is 13.6. The van der Waals surface area contributed by atoms with Crippen LogP contribution in [-0.2, 0) is 27.2 Å². The van der Waals surface area contributed by atoms with E-state index in [0.29, 0.717) is 16.2 Å². The van der Waals surface area contributed by atoms with Gasteiger partial charge in [-0.15, -0.1) is 0 Å². The molecule has 2 aliphatic heterocycles. The maximum atomic E-state index is 13.2. The largest absolute Gasteiger partial charge is 0.463 e. The topological polar surface area (TPSA) is 125 Å². The number of carbonyl (C=O) groups excluding carboxylic acids is 1. The van der Waals surface area contributed by atoms with Gasteiger partial charge in [-0.1, -0.05) is 39.8 Å². The Morgan fingerprint density at radius 2 is 2.17 bits per heavy atom. The van der Waals surface area contributed by atoms with Crippen molar-refractivity contribution in [1.82, 2.24) is 9.88 Å². The third kappa shape index (κ3) is 5.26. The van der Waals surface area contributed by atoms with Gasteiger partial charge in [0, 0.05) is 29.7 Å². The zero-order valence-corrected chi connectivity index (χ0v) is 22.3. The molecule has 2 aromatic rings. The van der Waals surface area contributed by atoms with Crippen LogP contribution in [0.2, 0.25) is 0 Å². The molecule has 10 heteroatoms. The van der Waals surface area contributed by atoms with Crippen molar-refractivity contribution in [3.8, 4) is 12.1 Å². The van der Waals surface area contributed by atoms with E-state index in [9.17, 15) is 15.3 Å². The van der Waals surface area contributed by atoms with Crippen LogP contribution in [-0.4, -0.2) is 41.8 Å². The monoisotopic (exact) mass is 565 g/mol. The number of halogens is 1. The number of hydrogen-bond acceptors (Lipinski definition) is 9. The van der Waals surface area contributed by atoms with Crippen LogP contribution < -0.4 is 5.73 Å². The smallest absolute Gasteiger partial charge is 0.338 e. The number of esters is 1. The van der Waals surface area contributed by atoms with E-state index in [1.807, 2.05) is 37.4 Å². The van der Waals surface area contributed by atoms with E-state index in [2.05, 4.69) is 33.0 Å². The first kappa shape index (κ1) is 25.8. The number of fused-ring (bicyclic) bond motifs is 1. The summed E-state index contributed by atoms with van der Waals surface area (Å²) in [4.78, 5) is 20.1. The number of carbonyl (C=O) groups is 1. The SMILES string of the molecule is CCOC(=O)C1=C(CSc2nc3c(cc2C#N)CN(C)CC3)OC(N)=C(C#N)C1c1cccc(Br)c1. The maximum absolute atomic E-state index is 13.2. The van der Waals surface area contributed by atoms with Gasteiger partial charge >= 0.3 is 5.97 Å². The predicted molar refractivity (Wildman–Crippen MR) is 138 cm³/mol. The number of rotatable bonds is 6. The standard InChI is InChI=1S/C26H24BrN5O3S/c1-3-34-26(33)23-21(35-24(30)19(12-29)22(23)15-5-4-6-18(27)10-15)14-36-25-16(11-28)9-17-13-32(2)8-7-20(17)31-25/h4-6,9-10,22H,3,7-8,13-14,30H2,1-2H3. The molecule has 2 N–H and O–H groups in total. The second-order valence-corrected chi connectivity index (χ2v) is 10.3. The highest BCUT2D eigenvalue weighted by molar-refractivity contribution is 9.10. The predicted octanol–water partition coefficient (Wildman–Crippen LogP) is 4.12. The Labute approximate surface area is 222 Å². The van der Waals surface area contributed by atoms with Gasteiger partial charge in [0.05, 0.1) is 29.4 Å². The Bertz CT molecular complexity index is 1360. The number of ether oxygens (including phenoxy) is 2. The normalized spacial score (nSPS) is 17.6. The van der Waals surface area contributed by atoms with E-state index in [4.69, 9.17) is 20.2 Å². The molecule has 1 atom stereocenters. The van der Waals surface area contributed by atoms with Gasteiger partial charge in [0.15, 0.2) is 0 Å². The number of likely N-dealkylation sites (N-methyl/N-ethyl adjacent to an activating group) is 1. The number of nitriles is 2. The summed E-state index contributed by atoms with van der Waals surface area (Å²) < 4.78 is 12.0. The van der Waals surface area contributed by atoms with Crippen molar-refractivity contribution >= 4 is 33.7 Å². The van der Waals surface area contributed by atoms with Crippen molar-refractivity contribution in [3.63, 3.8) is 0 Å². The number of nitrogens with two attached hydrogens (primary N) is 1. The average molecular weight is 566 g/mol. The third-order valence-corrected chi connectivity index (χ3v) is 7.45. The summed E-state index contributed by atoms with van der Waals surface area (Å²) in [6.45, 7) is 3.52. The summed E-state index contributed by atoms with van der Waals surface area (Å²) in [5, 5.41) is 20.2. The van der Waals surface area contributed by atoms with Crippen molar-refractivity contribution in [3.05, 3.63) is 80.0 Å². The Balaban J connectivity index is 1.75. The minimum absolute atomic E-state index is 0.0620. The zero-order chi connectivity index (χ0) is 25.8. The number of thioether (sulfide) groups is 1. The first-order valence-electron chi connectivity index (χ1n) is 11.3. The summed E-state index contributed by atoms with van der Waals surface area (Å²) >= 11 is 4.75. The fourth-order valence-electron chi connectivity index (χ4n) is 4.30. The zero-order valence-electron chi connectivity index (χ0n) is 19.9. The van der Waals surface area contributed by atoms with Crippen molar-refractivity contribution < 1.29 is 14.3 Å². The van der Waals surface area contributed by atoms with Crippen molar-refractivity contribution in [1.29, 1.82) is 10.5 Å². The number of benzene rings is 1. The van der Waals surface area contributed by atoms with Gasteiger partial charge in [0.1, 0.15) is 28.5 Å². The van der Waals surface area contributed by atoms with Gasteiger partial charge in [-0.2, -0.15) is 10.5 Å².